The fourth-order valence-electron chi connectivity index (χ4n) is 4.83. The lowest BCUT2D eigenvalue weighted by Gasteiger charge is -2.38. The van der Waals surface area contributed by atoms with Gasteiger partial charge in [0.2, 0.25) is 0 Å². The third-order valence-corrected chi connectivity index (χ3v) is 21.8. The molecular formula is C28H34Cl4Si2. The van der Waals surface area contributed by atoms with Gasteiger partial charge in [0.1, 0.15) is 0 Å². The minimum absolute atomic E-state index is 0.0864. The van der Waals surface area contributed by atoms with E-state index >= 15 is 0 Å². The summed E-state index contributed by atoms with van der Waals surface area (Å²) in [7, 11) is 0. The number of aryl methyl sites for hydroxylation is 1. The van der Waals surface area contributed by atoms with Crippen LogP contribution in [0.3, 0.4) is 0 Å². The average molecular weight is 569 g/mol. The first-order chi connectivity index (χ1) is 16.1. The highest BCUT2D eigenvalue weighted by molar-refractivity contribution is 7.57. The Kier molecular flexibility index (Phi) is 10.2. The van der Waals surface area contributed by atoms with Gasteiger partial charge in [-0.3, -0.25) is 0 Å². The topological polar surface area (TPSA) is 0 Å². The molecule has 0 bridgehead atoms. The van der Waals surface area contributed by atoms with Crippen molar-refractivity contribution in [1.29, 1.82) is 0 Å². The Hall–Kier alpha value is -0.746. The molecule has 0 aliphatic rings. The first-order valence-electron chi connectivity index (χ1n) is 12.1. The Labute approximate surface area is 226 Å². The number of halogens is 4. The van der Waals surface area contributed by atoms with Crippen molar-refractivity contribution >= 4 is 57.7 Å². The molecule has 3 rings (SSSR count). The van der Waals surface area contributed by atoms with Crippen LogP contribution in [0.2, 0.25) is 17.3 Å². The van der Waals surface area contributed by atoms with Crippen LogP contribution in [-0.2, 0) is 12.8 Å². The van der Waals surface area contributed by atoms with Crippen molar-refractivity contribution in [2.75, 3.05) is 0 Å². The lowest BCUT2D eigenvalue weighted by Crippen LogP contribution is -2.44. The van der Waals surface area contributed by atoms with Gasteiger partial charge in [-0.05, 0) is 59.0 Å². The predicted molar refractivity (Wildman–Crippen MR) is 158 cm³/mol. The second-order valence-corrected chi connectivity index (χ2v) is 24.5. The van der Waals surface area contributed by atoms with Gasteiger partial charge in [0.15, 0.2) is 0 Å². The number of benzene rings is 3. The smallest absolute Gasteiger partial charge is 0.146 e. The summed E-state index contributed by atoms with van der Waals surface area (Å²) < 4.78 is 0. The highest BCUT2D eigenvalue weighted by Gasteiger charge is 2.53. The van der Waals surface area contributed by atoms with Crippen molar-refractivity contribution in [3.05, 3.63) is 107 Å². The highest BCUT2D eigenvalue weighted by Crippen LogP contribution is 2.52. The summed E-state index contributed by atoms with van der Waals surface area (Å²) in [5, 5.41) is -0.0864. The van der Waals surface area contributed by atoms with E-state index in [4.69, 9.17) is 44.3 Å². The molecule has 0 aliphatic heterocycles. The van der Waals surface area contributed by atoms with E-state index in [1.807, 2.05) is 12.1 Å². The third-order valence-electron chi connectivity index (χ3n) is 6.84. The predicted octanol–water partition coefficient (Wildman–Crippen LogP) is 10.1. The van der Waals surface area contributed by atoms with E-state index in [0.29, 0.717) is 0 Å². The molecule has 182 valence electrons. The van der Waals surface area contributed by atoms with E-state index < -0.39 is 13.4 Å². The van der Waals surface area contributed by atoms with Crippen LogP contribution in [0.4, 0.5) is 0 Å². The van der Waals surface area contributed by atoms with Gasteiger partial charge in [-0.15, -0.1) is 44.3 Å². The SMILES string of the molecule is CCc1ccccc1CC([Si](Cl)(Cl)CC(C)c1ccccc1)[Si](Cl)(Cl)CC(C)c1ccccc1. The van der Waals surface area contributed by atoms with Crippen LogP contribution in [0.5, 0.6) is 0 Å². The monoisotopic (exact) mass is 566 g/mol. The lowest BCUT2D eigenvalue weighted by molar-refractivity contribution is 0.826. The molecule has 0 nitrogen and oxygen atoms in total. The Bertz CT molecular complexity index is 965. The van der Waals surface area contributed by atoms with Gasteiger partial charge in [0, 0.05) is 5.16 Å². The summed E-state index contributed by atoms with van der Waals surface area (Å²) in [5.74, 6) is 0.493. The molecule has 0 saturated carbocycles. The molecule has 2 atom stereocenters. The molecule has 3 aromatic carbocycles. The second-order valence-electron chi connectivity index (χ2n) is 9.43. The Morgan fingerprint density at radius 2 is 0.971 bits per heavy atom. The molecule has 0 aromatic heterocycles. The van der Waals surface area contributed by atoms with Crippen molar-refractivity contribution in [2.45, 2.75) is 62.7 Å². The van der Waals surface area contributed by atoms with Gasteiger partial charge in [-0.1, -0.05) is 106 Å². The zero-order valence-corrected chi connectivity index (χ0v) is 25.2. The minimum atomic E-state index is -2.86. The molecule has 0 saturated heterocycles. The fourth-order valence-corrected chi connectivity index (χ4v) is 24.1. The van der Waals surface area contributed by atoms with E-state index in [0.717, 1.165) is 24.9 Å². The van der Waals surface area contributed by atoms with Crippen LogP contribution >= 0.6 is 44.3 Å². The molecule has 2 unspecified atom stereocenters. The van der Waals surface area contributed by atoms with Crippen molar-refractivity contribution in [3.63, 3.8) is 0 Å². The number of hydrogen-bond acceptors (Lipinski definition) is 0. The van der Waals surface area contributed by atoms with Crippen molar-refractivity contribution in [3.8, 4) is 0 Å². The standard InChI is InChI=1S/C28H34Cl4Si2/c1-4-24-13-11-12-18-27(24)19-28(33(29,30)20-22(2)25-14-7-5-8-15-25)34(31,32)21-23(3)26-16-9-6-10-17-26/h5-18,22-23,28H,4,19-21H2,1-3H3. The first kappa shape index (κ1) is 27.8. The van der Waals surface area contributed by atoms with Gasteiger partial charge in [-0.2, -0.15) is 0 Å². The van der Waals surface area contributed by atoms with Crippen LogP contribution in [0.1, 0.15) is 54.9 Å². The summed E-state index contributed by atoms with van der Waals surface area (Å²) in [6.07, 6.45) is 1.70. The summed E-state index contributed by atoms with van der Waals surface area (Å²) in [5.41, 5.74) is 5.09. The van der Waals surface area contributed by atoms with Gasteiger partial charge >= 0.3 is 0 Å². The first-order valence-corrected chi connectivity index (χ1v) is 20.7. The molecule has 0 amide bonds. The molecule has 6 heteroatoms. The molecule has 0 heterocycles. The molecule has 0 radical (unpaired) electrons. The maximum atomic E-state index is 7.38. The van der Waals surface area contributed by atoms with Gasteiger partial charge in [0.05, 0.1) is 0 Å². The zero-order chi connectivity index (χ0) is 24.8. The highest BCUT2D eigenvalue weighted by atomic mass is 35.7. The van der Waals surface area contributed by atoms with Gasteiger partial charge < -0.3 is 0 Å². The van der Waals surface area contributed by atoms with Crippen molar-refractivity contribution < 1.29 is 0 Å². The Morgan fingerprint density at radius 3 is 1.38 bits per heavy atom. The molecule has 34 heavy (non-hydrogen) atoms. The second kappa shape index (κ2) is 12.5. The van der Waals surface area contributed by atoms with Crippen LogP contribution in [0.15, 0.2) is 84.9 Å². The number of rotatable bonds is 11. The lowest BCUT2D eigenvalue weighted by atomic mass is 10.0. The molecule has 0 aliphatic carbocycles. The summed E-state index contributed by atoms with van der Waals surface area (Å²) in [6.45, 7) is 0.877. The quantitative estimate of drug-likeness (QED) is 0.160. The molecule has 0 fully saturated rings. The largest absolute Gasteiger partial charge is 0.255 e. The summed E-state index contributed by atoms with van der Waals surface area (Å²) in [4.78, 5) is 0. The molecule has 0 N–H and O–H groups in total. The van der Waals surface area contributed by atoms with Crippen molar-refractivity contribution in [1.82, 2.24) is 0 Å². The van der Waals surface area contributed by atoms with E-state index in [1.165, 1.54) is 22.3 Å². The average Bonchev–Trinajstić information content (AvgIpc) is 2.83. The van der Waals surface area contributed by atoms with Crippen molar-refractivity contribution in [2.24, 2.45) is 0 Å². The fraction of sp³-hybridized carbons (Fsp3) is 0.357. The zero-order valence-electron chi connectivity index (χ0n) is 20.2. The van der Waals surface area contributed by atoms with Crippen LogP contribution in [-0.4, -0.2) is 13.4 Å². The summed E-state index contributed by atoms with van der Waals surface area (Å²) in [6, 6.07) is 30.9. The Balaban J connectivity index is 1.93. The molecule has 3 aromatic rings. The third kappa shape index (κ3) is 7.38. The maximum absolute atomic E-state index is 7.38. The van der Waals surface area contributed by atoms with Crippen LogP contribution in [0, 0.1) is 0 Å². The van der Waals surface area contributed by atoms with E-state index in [-0.39, 0.29) is 17.0 Å². The molecule has 0 spiro atoms. The van der Waals surface area contributed by atoms with Crippen LogP contribution in [0.25, 0.3) is 0 Å². The van der Waals surface area contributed by atoms with E-state index in [1.54, 1.807) is 0 Å². The van der Waals surface area contributed by atoms with E-state index in [2.05, 4.69) is 93.6 Å². The van der Waals surface area contributed by atoms with E-state index in [9.17, 15) is 0 Å². The van der Waals surface area contributed by atoms with Gasteiger partial charge in [0.25, 0.3) is 13.4 Å². The number of hydrogen-bond donors (Lipinski definition) is 0. The summed E-state index contributed by atoms with van der Waals surface area (Å²) >= 11 is 29.5. The molecular weight excluding hydrogens is 534 g/mol. The van der Waals surface area contributed by atoms with Gasteiger partial charge in [-0.25, -0.2) is 0 Å². The minimum Gasteiger partial charge on any atom is -0.146 e. The van der Waals surface area contributed by atoms with Crippen LogP contribution < -0.4 is 0 Å². The maximum Gasteiger partial charge on any atom is 0.255 e. The Morgan fingerprint density at radius 1 is 0.588 bits per heavy atom. The normalized spacial score (nSPS) is 15.0.